The largest absolute Gasteiger partial charge is 0.352 e. The van der Waals surface area contributed by atoms with Crippen molar-refractivity contribution in [2.45, 2.75) is 52.5 Å². The van der Waals surface area contributed by atoms with Gasteiger partial charge in [0.2, 0.25) is 5.91 Å². The first-order chi connectivity index (χ1) is 9.19. The molecule has 0 radical (unpaired) electrons. The van der Waals surface area contributed by atoms with Crippen LogP contribution in [0.1, 0.15) is 46.5 Å². The molecular weight excluding hydrogens is 238 g/mol. The van der Waals surface area contributed by atoms with Crippen molar-refractivity contribution in [3.8, 4) is 0 Å². The molecule has 4 heteroatoms. The predicted molar refractivity (Wildman–Crippen MR) is 80.2 cm³/mol. The third-order valence-electron chi connectivity index (χ3n) is 4.00. The molecule has 1 aliphatic rings. The van der Waals surface area contributed by atoms with E-state index in [4.69, 9.17) is 0 Å². The lowest BCUT2D eigenvalue weighted by Gasteiger charge is -2.32. The molecule has 1 unspecified atom stereocenters. The first-order valence-corrected chi connectivity index (χ1v) is 7.91. The van der Waals surface area contributed by atoms with Crippen molar-refractivity contribution in [1.29, 1.82) is 0 Å². The van der Waals surface area contributed by atoms with Crippen LogP contribution >= 0.6 is 0 Å². The Labute approximate surface area is 118 Å². The topological polar surface area (TPSA) is 44.4 Å². The van der Waals surface area contributed by atoms with E-state index >= 15 is 0 Å². The molecule has 0 aliphatic carbocycles. The number of carbonyl (C=O) groups is 1. The molecule has 0 bridgehead atoms. The number of nitrogens with one attached hydrogen (secondary N) is 2. The zero-order chi connectivity index (χ0) is 14.1. The van der Waals surface area contributed by atoms with Crippen molar-refractivity contribution in [2.75, 3.05) is 32.7 Å². The smallest absolute Gasteiger partial charge is 0.234 e. The van der Waals surface area contributed by atoms with Crippen LogP contribution < -0.4 is 10.6 Å². The molecule has 1 amide bonds. The maximum atomic E-state index is 12.0. The number of hydrogen-bond acceptors (Lipinski definition) is 3. The number of nitrogens with zero attached hydrogens (tertiary/aromatic N) is 1. The van der Waals surface area contributed by atoms with E-state index in [1.165, 1.54) is 12.8 Å². The second kappa shape index (κ2) is 9.32. The standard InChI is InChI=1S/C15H31N3O/c1-4-14(5-2)17-15(19)12-18-9-7-8-13(11-18)10-16-6-3/h13-14,16H,4-12H2,1-3H3,(H,17,19). The molecule has 0 spiro atoms. The summed E-state index contributed by atoms with van der Waals surface area (Å²) >= 11 is 0. The minimum Gasteiger partial charge on any atom is -0.352 e. The second-order valence-electron chi connectivity index (χ2n) is 5.63. The van der Waals surface area contributed by atoms with E-state index in [1.54, 1.807) is 0 Å². The fourth-order valence-corrected chi connectivity index (χ4v) is 2.78. The highest BCUT2D eigenvalue weighted by atomic mass is 16.2. The van der Waals surface area contributed by atoms with Gasteiger partial charge in [0.25, 0.3) is 0 Å². The minimum absolute atomic E-state index is 0.192. The number of amides is 1. The molecule has 2 N–H and O–H groups in total. The maximum Gasteiger partial charge on any atom is 0.234 e. The Kier molecular flexibility index (Phi) is 8.07. The average molecular weight is 269 g/mol. The molecule has 19 heavy (non-hydrogen) atoms. The lowest BCUT2D eigenvalue weighted by Crippen LogP contribution is -2.46. The lowest BCUT2D eigenvalue weighted by molar-refractivity contribution is -0.123. The SMILES string of the molecule is CCNCC1CCCN(CC(=O)NC(CC)CC)C1. The van der Waals surface area contributed by atoms with E-state index < -0.39 is 0 Å². The molecule has 112 valence electrons. The quantitative estimate of drug-likeness (QED) is 0.704. The van der Waals surface area contributed by atoms with Gasteiger partial charge in [-0.2, -0.15) is 0 Å². The van der Waals surface area contributed by atoms with Gasteiger partial charge in [-0.1, -0.05) is 20.8 Å². The van der Waals surface area contributed by atoms with Crippen molar-refractivity contribution < 1.29 is 4.79 Å². The average Bonchev–Trinajstić information content (AvgIpc) is 2.43. The Morgan fingerprint density at radius 2 is 2.05 bits per heavy atom. The fourth-order valence-electron chi connectivity index (χ4n) is 2.78. The van der Waals surface area contributed by atoms with Gasteiger partial charge in [-0.3, -0.25) is 9.69 Å². The molecule has 1 fully saturated rings. The Bertz CT molecular complexity index is 254. The summed E-state index contributed by atoms with van der Waals surface area (Å²) in [6, 6.07) is 0.342. The molecule has 1 rings (SSSR count). The lowest BCUT2D eigenvalue weighted by atomic mass is 9.98. The van der Waals surface area contributed by atoms with Crippen LogP contribution in [0.4, 0.5) is 0 Å². The Balaban J connectivity index is 2.29. The highest BCUT2D eigenvalue weighted by Gasteiger charge is 2.21. The maximum absolute atomic E-state index is 12.0. The molecule has 0 aromatic rings. The van der Waals surface area contributed by atoms with Crippen molar-refractivity contribution in [3.63, 3.8) is 0 Å². The molecule has 0 aromatic carbocycles. The van der Waals surface area contributed by atoms with Gasteiger partial charge in [-0.15, -0.1) is 0 Å². The van der Waals surface area contributed by atoms with Crippen LogP contribution in [0.3, 0.4) is 0 Å². The highest BCUT2D eigenvalue weighted by molar-refractivity contribution is 5.78. The molecular formula is C15H31N3O. The molecule has 4 nitrogen and oxygen atoms in total. The first kappa shape index (κ1) is 16.4. The summed E-state index contributed by atoms with van der Waals surface area (Å²) in [4.78, 5) is 14.3. The number of hydrogen-bond donors (Lipinski definition) is 2. The Morgan fingerprint density at radius 3 is 2.68 bits per heavy atom. The fraction of sp³-hybridized carbons (Fsp3) is 0.933. The van der Waals surface area contributed by atoms with Gasteiger partial charge in [0.15, 0.2) is 0 Å². The molecule has 1 atom stereocenters. The van der Waals surface area contributed by atoms with Gasteiger partial charge >= 0.3 is 0 Å². The van der Waals surface area contributed by atoms with E-state index in [2.05, 4.69) is 36.3 Å². The zero-order valence-electron chi connectivity index (χ0n) is 12.9. The number of piperidine rings is 1. The monoisotopic (exact) mass is 269 g/mol. The van der Waals surface area contributed by atoms with Gasteiger partial charge < -0.3 is 10.6 Å². The van der Waals surface area contributed by atoms with E-state index in [0.717, 1.165) is 39.0 Å². The third-order valence-corrected chi connectivity index (χ3v) is 4.00. The van der Waals surface area contributed by atoms with Crippen molar-refractivity contribution in [2.24, 2.45) is 5.92 Å². The minimum atomic E-state index is 0.192. The van der Waals surface area contributed by atoms with Crippen LogP contribution in [0.2, 0.25) is 0 Å². The van der Waals surface area contributed by atoms with Gasteiger partial charge in [-0.25, -0.2) is 0 Å². The molecule has 0 saturated carbocycles. The summed E-state index contributed by atoms with van der Waals surface area (Å²) in [7, 11) is 0. The summed E-state index contributed by atoms with van der Waals surface area (Å²) < 4.78 is 0. The zero-order valence-corrected chi connectivity index (χ0v) is 12.9. The Morgan fingerprint density at radius 1 is 1.32 bits per heavy atom. The van der Waals surface area contributed by atoms with Crippen LogP contribution in [-0.2, 0) is 4.79 Å². The summed E-state index contributed by atoms with van der Waals surface area (Å²) in [5, 5.41) is 6.54. The Hall–Kier alpha value is -0.610. The van der Waals surface area contributed by atoms with E-state index in [1.807, 2.05) is 0 Å². The number of rotatable bonds is 8. The van der Waals surface area contributed by atoms with E-state index in [-0.39, 0.29) is 5.91 Å². The normalized spacial score (nSPS) is 20.7. The van der Waals surface area contributed by atoms with Crippen LogP contribution in [-0.4, -0.2) is 49.6 Å². The van der Waals surface area contributed by atoms with Crippen molar-refractivity contribution in [1.82, 2.24) is 15.5 Å². The molecule has 1 heterocycles. The number of likely N-dealkylation sites (tertiary alicyclic amines) is 1. The molecule has 1 saturated heterocycles. The third kappa shape index (κ3) is 6.39. The van der Waals surface area contributed by atoms with Crippen molar-refractivity contribution in [3.05, 3.63) is 0 Å². The molecule has 0 aromatic heterocycles. The van der Waals surface area contributed by atoms with Crippen LogP contribution in [0.15, 0.2) is 0 Å². The first-order valence-electron chi connectivity index (χ1n) is 7.91. The van der Waals surface area contributed by atoms with E-state index in [9.17, 15) is 4.79 Å². The van der Waals surface area contributed by atoms with Gasteiger partial charge in [0, 0.05) is 12.6 Å². The van der Waals surface area contributed by atoms with Gasteiger partial charge in [0.1, 0.15) is 0 Å². The van der Waals surface area contributed by atoms with Crippen LogP contribution in [0, 0.1) is 5.92 Å². The van der Waals surface area contributed by atoms with Gasteiger partial charge in [-0.05, 0) is 51.2 Å². The molecule has 1 aliphatic heterocycles. The van der Waals surface area contributed by atoms with Crippen molar-refractivity contribution >= 4 is 5.91 Å². The number of carbonyl (C=O) groups excluding carboxylic acids is 1. The van der Waals surface area contributed by atoms with Crippen LogP contribution in [0.5, 0.6) is 0 Å². The van der Waals surface area contributed by atoms with Gasteiger partial charge in [0.05, 0.1) is 6.54 Å². The van der Waals surface area contributed by atoms with Crippen LogP contribution in [0.25, 0.3) is 0 Å². The summed E-state index contributed by atoms with van der Waals surface area (Å²) in [6.45, 7) is 11.2. The highest BCUT2D eigenvalue weighted by Crippen LogP contribution is 2.15. The summed E-state index contributed by atoms with van der Waals surface area (Å²) in [6.07, 6.45) is 4.54. The summed E-state index contributed by atoms with van der Waals surface area (Å²) in [5.74, 6) is 0.896. The second-order valence-corrected chi connectivity index (χ2v) is 5.63. The predicted octanol–water partition coefficient (Wildman–Crippen LogP) is 1.61. The summed E-state index contributed by atoms with van der Waals surface area (Å²) in [5.41, 5.74) is 0. The van der Waals surface area contributed by atoms with E-state index in [0.29, 0.717) is 18.5 Å².